The van der Waals surface area contributed by atoms with Crippen molar-refractivity contribution in [2.75, 3.05) is 14.2 Å². The predicted molar refractivity (Wildman–Crippen MR) is 157 cm³/mol. The van der Waals surface area contributed by atoms with E-state index in [1.165, 1.54) is 55.8 Å². The minimum Gasteiger partial charge on any atom is -0.497 e. The van der Waals surface area contributed by atoms with Crippen LogP contribution in [0.2, 0.25) is 0 Å². The number of rotatable bonds is 7. The monoisotopic (exact) mass is 500 g/mol. The van der Waals surface area contributed by atoms with Gasteiger partial charge in [0, 0.05) is 34.6 Å². The largest absolute Gasteiger partial charge is 0.497 e. The standard InChI is InChI=1S/C34H32N2O2/c1-5-27-29-11-7-9-21-35(29)33(31(27)23-13-17-25(37-3)18-14-23)34-32(24-15-19-26(38-4)20-16-24)28(6-2)30-12-8-10-22-36(30)34/h7-22H,5-6H2,1-4H3. The molecule has 4 nitrogen and oxygen atoms in total. The summed E-state index contributed by atoms with van der Waals surface area (Å²) < 4.78 is 15.7. The van der Waals surface area contributed by atoms with Gasteiger partial charge in [0.25, 0.3) is 0 Å². The molecule has 0 unspecified atom stereocenters. The van der Waals surface area contributed by atoms with Crippen molar-refractivity contribution in [3.05, 3.63) is 108 Å². The van der Waals surface area contributed by atoms with Gasteiger partial charge in [0.2, 0.25) is 0 Å². The first-order valence-corrected chi connectivity index (χ1v) is 13.2. The molecule has 4 heteroatoms. The molecule has 0 aliphatic carbocycles. The second-order valence-electron chi connectivity index (χ2n) is 9.48. The van der Waals surface area contributed by atoms with E-state index < -0.39 is 0 Å². The molecule has 0 aliphatic heterocycles. The summed E-state index contributed by atoms with van der Waals surface area (Å²) >= 11 is 0. The molecule has 4 aromatic heterocycles. The number of aryl methyl sites for hydroxylation is 2. The lowest BCUT2D eigenvalue weighted by Gasteiger charge is -2.13. The maximum atomic E-state index is 5.49. The molecular weight excluding hydrogens is 468 g/mol. The molecule has 0 saturated carbocycles. The summed E-state index contributed by atoms with van der Waals surface area (Å²) in [6.45, 7) is 4.49. The van der Waals surface area contributed by atoms with Crippen LogP contribution in [0.1, 0.15) is 25.0 Å². The van der Waals surface area contributed by atoms with Crippen molar-refractivity contribution in [2.45, 2.75) is 26.7 Å². The predicted octanol–water partition coefficient (Wildman–Crippen LogP) is 8.34. The van der Waals surface area contributed by atoms with Crippen LogP contribution in [0, 0.1) is 0 Å². The third-order valence-corrected chi connectivity index (χ3v) is 7.59. The molecule has 0 amide bonds. The van der Waals surface area contributed by atoms with Crippen LogP contribution >= 0.6 is 0 Å². The van der Waals surface area contributed by atoms with Gasteiger partial charge in [-0.3, -0.25) is 0 Å². The average molecular weight is 501 g/mol. The highest BCUT2D eigenvalue weighted by molar-refractivity contribution is 5.98. The molecule has 0 radical (unpaired) electrons. The van der Waals surface area contributed by atoms with Crippen molar-refractivity contribution in [3.63, 3.8) is 0 Å². The maximum absolute atomic E-state index is 5.49. The lowest BCUT2D eigenvalue weighted by atomic mass is 9.93. The Morgan fingerprint density at radius 3 is 1.26 bits per heavy atom. The zero-order valence-corrected chi connectivity index (χ0v) is 22.4. The quantitative estimate of drug-likeness (QED) is 0.220. The molecule has 190 valence electrons. The minimum absolute atomic E-state index is 0.859. The van der Waals surface area contributed by atoms with Crippen molar-refractivity contribution >= 4 is 11.0 Å². The number of nitrogens with zero attached hydrogens (tertiary/aromatic N) is 2. The van der Waals surface area contributed by atoms with Crippen LogP contribution in [0.25, 0.3) is 44.7 Å². The van der Waals surface area contributed by atoms with Gasteiger partial charge in [-0.25, -0.2) is 0 Å². The van der Waals surface area contributed by atoms with Crippen LogP contribution in [0.4, 0.5) is 0 Å². The molecule has 2 aromatic carbocycles. The van der Waals surface area contributed by atoms with Crippen molar-refractivity contribution in [1.82, 2.24) is 8.80 Å². The van der Waals surface area contributed by atoms with Crippen LogP contribution in [0.5, 0.6) is 11.5 Å². The first kappa shape index (κ1) is 23.9. The smallest absolute Gasteiger partial charge is 0.118 e. The summed E-state index contributed by atoms with van der Waals surface area (Å²) in [6.07, 6.45) is 6.25. The van der Waals surface area contributed by atoms with Crippen molar-refractivity contribution < 1.29 is 9.47 Å². The molecule has 0 fully saturated rings. The van der Waals surface area contributed by atoms with Gasteiger partial charge in [0.05, 0.1) is 25.6 Å². The fourth-order valence-corrected chi connectivity index (χ4v) is 5.87. The van der Waals surface area contributed by atoms with E-state index >= 15 is 0 Å². The first-order valence-electron chi connectivity index (χ1n) is 13.2. The highest BCUT2D eigenvalue weighted by Gasteiger charge is 2.27. The number of fused-ring (bicyclic) bond motifs is 2. The van der Waals surface area contributed by atoms with Crippen molar-refractivity contribution in [1.29, 1.82) is 0 Å². The summed E-state index contributed by atoms with van der Waals surface area (Å²) in [5.41, 5.74) is 12.5. The van der Waals surface area contributed by atoms with E-state index in [0.717, 1.165) is 24.3 Å². The molecule has 0 atom stereocenters. The number of ether oxygens (including phenoxy) is 2. The van der Waals surface area contributed by atoms with E-state index in [2.05, 4.69) is 120 Å². The number of aromatic nitrogens is 2. The highest BCUT2D eigenvalue weighted by atomic mass is 16.5. The van der Waals surface area contributed by atoms with Gasteiger partial charge in [-0.05, 0) is 83.6 Å². The molecule has 38 heavy (non-hydrogen) atoms. The van der Waals surface area contributed by atoms with Gasteiger partial charge in [-0.15, -0.1) is 0 Å². The normalized spacial score (nSPS) is 11.4. The molecule has 6 rings (SSSR count). The Hall–Kier alpha value is -4.44. The third-order valence-electron chi connectivity index (χ3n) is 7.59. The Balaban J connectivity index is 1.78. The molecule has 0 bridgehead atoms. The van der Waals surface area contributed by atoms with E-state index in [9.17, 15) is 0 Å². The Morgan fingerprint density at radius 2 is 0.921 bits per heavy atom. The number of hydrogen-bond acceptors (Lipinski definition) is 2. The van der Waals surface area contributed by atoms with Crippen LogP contribution < -0.4 is 9.47 Å². The lowest BCUT2D eigenvalue weighted by Crippen LogP contribution is -1.96. The fraction of sp³-hybridized carbons (Fsp3) is 0.176. The highest BCUT2D eigenvalue weighted by Crippen LogP contribution is 2.46. The van der Waals surface area contributed by atoms with Crippen LogP contribution in [0.15, 0.2) is 97.3 Å². The second kappa shape index (κ2) is 9.79. The van der Waals surface area contributed by atoms with E-state index in [1.54, 1.807) is 14.2 Å². The average Bonchev–Trinajstić information content (AvgIpc) is 3.49. The van der Waals surface area contributed by atoms with Crippen molar-refractivity contribution in [3.8, 4) is 45.1 Å². The molecule has 4 heterocycles. The number of methoxy groups -OCH3 is 2. The van der Waals surface area contributed by atoms with Gasteiger partial charge in [0.1, 0.15) is 11.5 Å². The maximum Gasteiger partial charge on any atom is 0.118 e. The van der Waals surface area contributed by atoms with E-state index in [-0.39, 0.29) is 0 Å². The third kappa shape index (κ3) is 3.67. The fourth-order valence-electron chi connectivity index (χ4n) is 5.87. The van der Waals surface area contributed by atoms with Crippen LogP contribution in [-0.2, 0) is 12.8 Å². The summed E-state index contributed by atoms with van der Waals surface area (Å²) in [4.78, 5) is 0. The van der Waals surface area contributed by atoms with Gasteiger partial charge in [0.15, 0.2) is 0 Å². The Labute approximate surface area is 223 Å². The van der Waals surface area contributed by atoms with Crippen LogP contribution in [0.3, 0.4) is 0 Å². The van der Waals surface area contributed by atoms with Gasteiger partial charge < -0.3 is 18.3 Å². The minimum atomic E-state index is 0.859. The van der Waals surface area contributed by atoms with Crippen molar-refractivity contribution in [2.24, 2.45) is 0 Å². The summed E-state index contributed by atoms with van der Waals surface area (Å²) in [5, 5.41) is 0. The molecule has 6 aromatic rings. The second-order valence-corrected chi connectivity index (χ2v) is 9.48. The summed E-state index contributed by atoms with van der Waals surface area (Å²) in [5.74, 6) is 1.72. The number of pyridine rings is 2. The Bertz CT molecular complexity index is 1610. The van der Waals surface area contributed by atoms with E-state index in [1.807, 2.05) is 0 Å². The summed E-state index contributed by atoms with van der Waals surface area (Å²) in [6, 6.07) is 29.9. The van der Waals surface area contributed by atoms with E-state index in [4.69, 9.17) is 9.47 Å². The molecule has 0 N–H and O–H groups in total. The van der Waals surface area contributed by atoms with Gasteiger partial charge in [-0.1, -0.05) is 50.2 Å². The molecule has 0 spiro atoms. The van der Waals surface area contributed by atoms with E-state index in [0.29, 0.717) is 0 Å². The lowest BCUT2D eigenvalue weighted by molar-refractivity contribution is 0.415. The van der Waals surface area contributed by atoms with Gasteiger partial charge >= 0.3 is 0 Å². The zero-order valence-electron chi connectivity index (χ0n) is 22.4. The Morgan fingerprint density at radius 1 is 0.526 bits per heavy atom. The Kier molecular flexibility index (Phi) is 6.16. The topological polar surface area (TPSA) is 27.3 Å². The summed E-state index contributed by atoms with van der Waals surface area (Å²) in [7, 11) is 3.43. The number of hydrogen-bond donors (Lipinski definition) is 0. The zero-order chi connectivity index (χ0) is 26.2. The first-order chi connectivity index (χ1) is 18.7. The van der Waals surface area contributed by atoms with Crippen LogP contribution in [-0.4, -0.2) is 23.0 Å². The molecule has 0 aliphatic rings. The molecular formula is C34H32N2O2. The SMILES string of the molecule is CCc1c(-c2ccc(OC)cc2)c(-c2c(-c3ccc(OC)cc3)c(CC)c3ccccn23)n2ccccc12. The molecule has 0 saturated heterocycles. The number of benzene rings is 2. The van der Waals surface area contributed by atoms with Gasteiger partial charge in [-0.2, -0.15) is 0 Å².